The van der Waals surface area contributed by atoms with Crippen LogP contribution in [0, 0.1) is 5.92 Å². The highest BCUT2D eigenvalue weighted by atomic mass is 16.5. The second-order valence-electron chi connectivity index (χ2n) is 5.79. The Balaban J connectivity index is 1.92. The minimum absolute atomic E-state index is 0.108. The number of hydrogen-bond acceptors (Lipinski definition) is 2. The predicted octanol–water partition coefficient (Wildman–Crippen LogP) is 3.27. The fourth-order valence-corrected chi connectivity index (χ4v) is 2.70. The summed E-state index contributed by atoms with van der Waals surface area (Å²) in [6.45, 7) is 7.90. The van der Waals surface area contributed by atoms with Crippen molar-refractivity contribution >= 4 is 5.91 Å². The largest absolute Gasteiger partial charge is 0.481 e. The van der Waals surface area contributed by atoms with Gasteiger partial charge in [-0.15, -0.1) is 0 Å². The Morgan fingerprint density at radius 3 is 2.70 bits per heavy atom. The van der Waals surface area contributed by atoms with E-state index in [1.807, 2.05) is 24.0 Å². The summed E-state index contributed by atoms with van der Waals surface area (Å²) >= 11 is 0. The van der Waals surface area contributed by atoms with Crippen molar-refractivity contribution in [3.63, 3.8) is 0 Å². The molecule has 1 fully saturated rings. The molecule has 1 aliphatic rings. The highest BCUT2D eigenvalue weighted by Crippen LogP contribution is 2.19. The molecule has 0 saturated carbocycles. The van der Waals surface area contributed by atoms with Crippen LogP contribution in [0.4, 0.5) is 0 Å². The summed E-state index contributed by atoms with van der Waals surface area (Å²) in [4.78, 5) is 14.3. The van der Waals surface area contributed by atoms with Gasteiger partial charge in [-0.25, -0.2) is 0 Å². The van der Waals surface area contributed by atoms with E-state index in [0.717, 1.165) is 31.7 Å². The van der Waals surface area contributed by atoms with E-state index < -0.39 is 6.10 Å². The molecule has 0 N–H and O–H groups in total. The van der Waals surface area contributed by atoms with E-state index in [4.69, 9.17) is 4.74 Å². The van der Waals surface area contributed by atoms with Gasteiger partial charge in [-0.1, -0.05) is 26.0 Å². The third-order valence-electron chi connectivity index (χ3n) is 3.96. The SMILES string of the molecule is CCc1ccc(O[C@H](C)C(=O)N2CCC[C@H](C)C2)cc1. The first-order valence-electron chi connectivity index (χ1n) is 7.64. The lowest BCUT2D eigenvalue weighted by Gasteiger charge is -2.32. The molecular formula is C17H25NO2. The number of amides is 1. The Kier molecular flexibility index (Phi) is 5.05. The Hall–Kier alpha value is -1.51. The first kappa shape index (κ1) is 14.9. The van der Waals surface area contributed by atoms with E-state index in [-0.39, 0.29) is 5.91 Å². The second-order valence-corrected chi connectivity index (χ2v) is 5.79. The lowest BCUT2D eigenvalue weighted by molar-refractivity contribution is -0.139. The van der Waals surface area contributed by atoms with E-state index in [1.54, 1.807) is 0 Å². The van der Waals surface area contributed by atoms with Crippen molar-refractivity contribution in [3.8, 4) is 5.75 Å². The van der Waals surface area contributed by atoms with Crippen LogP contribution < -0.4 is 4.74 Å². The fraction of sp³-hybridized carbons (Fsp3) is 0.588. The smallest absolute Gasteiger partial charge is 0.263 e. The van der Waals surface area contributed by atoms with E-state index in [0.29, 0.717) is 5.92 Å². The summed E-state index contributed by atoms with van der Waals surface area (Å²) in [7, 11) is 0. The van der Waals surface area contributed by atoms with Crippen molar-refractivity contribution in [2.75, 3.05) is 13.1 Å². The second kappa shape index (κ2) is 6.78. The average Bonchev–Trinajstić information content (AvgIpc) is 2.47. The number of hydrogen-bond donors (Lipinski definition) is 0. The number of benzene rings is 1. The third kappa shape index (κ3) is 3.75. The molecule has 20 heavy (non-hydrogen) atoms. The van der Waals surface area contributed by atoms with Gasteiger partial charge in [0.2, 0.25) is 0 Å². The molecule has 0 bridgehead atoms. The maximum atomic E-state index is 12.4. The Morgan fingerprint density at radius 2 is 2.10 bits per heavy atom. The summed E-state index contributed by atoms with van der Waals surface area (Å²) in [5, 5.41) is 0. The Bertz CT molecular complexity index is 441. The number of piperidine rings is 1. The lowest BCUT2D eigenvalue weighted by atomic mass is 10.00. The molecule has 1 aromatic carbocycles. The summed E-state index contributed by atoms with van der Waals surface area (Å²) in [5.74, 6) is 1.48. The van der Waals surface area contributed by atoms with Crippen LogP contribution in [-0.2, 0) is 11.2 Å². The van der Waals surface area contributed by atoms with Crippen LogP contribution in [0.5, 0.6) is 5.75 Å². The van der Waals surface area contributed by atoms with Gasteiger partial charge in [0, 0.05) is 13.1 Å². The molecule has 1 heterocycles. The molecule has 0 aliphatic carbocycles. The standard InChI is InChI=1S/C17H25NO2/c1-4-15-7-9-16(10-8-15)20-14(3)17(19)18-11-5-6-13(2)12-18/h7-10,13-14H,4-6,11-12H2,1-3H3/t13-,14+/m0/s1. The molecule has 0 spiro atoms. The predicted molar refractivity (Wildman–Crippen MR) is 80.9 cm³/mol. The van der Waals surface area contributed by atoms with Gasteiger partial charge in [-0.3, -0.25) is 4.79 Å². The van der Waals surface area contributed by atoms with Crippen molar-refractivity contribution in [3.05, 3.63) is 29.8 Å². The molecule has 3 heteroatoms. The Labute approximate surface area is 121 Å². The normalized spacial score (nSPS) is 20.6. The highest BCUT2D eigenvalue weighted by Gasteiger charge is 2.25. The molecule has 2 atom stereocenters. The van der Waals surface area contributed by atoms with Crippen molar-refractivity contribution < 1.29 is 9.53 Å². The van der Waals surface area contributed by atoms with Crippen molar-refractivity contribution in [1.29, 1.82) is 0 Å². The van der Waals surface area contributed by atoms with Crippen LogP contribution in [0.15, 0.2) is 24.3 Å². The third-order valence-corrected chi connectivity index (χ3v) is 3.96. The molecule has 1 saturated heterocycles. The number of carbonyl (C=O) groups is 1. The number of ether oxygens (including phenoxy) is 1. The average molecular weight is 275 g/mol. The summed E-state index contributed by atoms with van der Waals surface area (Å²) in [6.07, 6.45) is 2.93. The van der Waals surface area contributed by atoms with E-state index in [9.17, 15) is 4.79 Å². The summed E-state index contributed by atoms with van der Waals surface area (Å²) in [5.41, 5.74) is 1.28. The number of rotatable bonds is 4. The first-order valence-corrected chi connectivity index (χ1v) is 7.64. The highest BCUT2D eigenvalue weighted by molar-refractivity contribution is 5.81. The molecule has 2 rings (SSSR count). The molecule has 0 radical (unpaired) electrons. The van der Waals surface area contributed by atoms with Gasteiger partial charge in [0.05, 0.1) is 0 Å². The van der Waals surface area contributed by atoms with Gasteiger partial charge < -0.3 is 9.64 Å². The van der Waals surface area contributed by atoms with E-state index in [2.05, 4.69) is 26.0 Å². The molecule has 0 aromatic heterocycles. The lowest BCUT2D eigenvalue weighted by Crippen LogP contribution is -2.45. The summed E-state index contributed by atoms with van der Waals surface area (Å²) in [6, 6.07) is 7.99. The molecule has 110 valence electrons. The molecule has 3 nitrogen and oxygen atoms in total. The summed E-state index contributed by atoms with van der Waals surface area (Å²) < 4.78 is 5.77. The minimum atomic E-state index is -0.409. The zero-order chi connectivity index (χ0) is 14.5. The minimum Gasteiger partial charge on any atom is -0.481 e. The van der Waals surface area contributed by atoms with Crippen LogP contribution in [0.3, 0.4) is 0 Å². The van der Waals surface area contributed by atoms with E-state index in [1.165, 1.54) is 12.0 Å². The van der Waals surface area contributed by atoms with Gasteiger partial charge in [0.1, 0.15) is 5.75 Å². The van der Waals surface area contributed by atoms with Gasteiger partial charge >= 0.3 is 0 Å². The topological polar surface area (TPSA) is 29.5 Å². The van der Waals surface area contributed by atoms with Crippen molar-refractivity contribution in [2.45, 2.75) is 46.1 Å². The molecule has 0 unspecified atom stereocenters. The van der Waals surface area contributed by atoms with Crippen LogP contribution in [0.25, 0.3) is 0 Å². The van der Waals surface area contributed by atoms with Crippen molar-refractivity contribution in [2.24, 2.45) is 5.92 Å². The zero-order valence-corrected chi connectivity index (χ0v) is 12.8. The number of nitrogens with zero attached hydrogens (tertiary/aromatic N) is 1. The van der Waals surface area contributed by atoms with Crippen LogP contribution in [0.2, 0.25) is 0 Å². The van der Waals surface area contributed by atoms with Gasteiger partial charge in [-0.2, -0.15) is 0 Å². The quantitative estimate of drug-likeness (QED) is 0.844. The molecule has 1 aliphatic heterocycles. The molecular weight excluding hydrogens is 250 g/mol. The fourth-order valence-electron chi connectivity index (χ4n) is 2.70. The van der Waals surface area contributed by atoms with Crippen LogP contribution >= 0.6 is 0 Å². The van der Waals surface area contributed by atoms with Gasteiger partial charge in [0.15, 0.2) is 6.10 Å². The molecule has 1 aromatic rings. The monoisotopic (exact) mass is 275 g/mol. The van der Waals surface area contributed by atoms with Crippen LogP contribution in [-0.4, -0.2) is 30.0 Å². The maximum Gasteiger partial charge on any atom is 0.263 e. The van der Waals surface area contributed by atoms with Crippen molar-refractivity contribution in [1.82, 2.24) is 4.90 Å². The maximum absolute atomic E-state index is 12.4. The zero-order valence-electron chi connectivity index (χ0n) is 12.8. The number of likely N-dealkylation sites (tertiary alicyclic amines) is 1. The Morgan fingerprint density at radius 1 is 1.40 bits per heavy atom. The van der Waals surface area contributed by atoms with E-state index >= 15 is 0 Å². The molecule has 1 amide bonds. The van der Waals surface area contributed by atoms with Gasteiger partial charge in [-0.05, 0) is 49.8 Å². The van der Waals surface area contributed by atoms with Gasteiger partial charge in [0.25, 0.3) is 5.91 Å². The first-order chi connectivity index (χ1) is 9.60. The number of carbonyl (C=O) groups excluding carboxylic acids is 1. The number of aryl methyl sites for hydroxylation is 1. The van der Waals surface area contributed by atoms with Crippen LogP contribution in [0.1, 0.15) is 39.2 Å².